The molecule has 0 aromatic rings. The van der Waals surface area contributed by atoms with Gasteiger partial charge in [0.1, 0.15) is 0 Å². The monoisotopic (exact) mass is 173 g/mol. The molecular weight excluding hydrogens is 164 g/mol. The third-order valence-corrected chi connectivity index (χ3v) is 1.82. The lowest BCUT2D eigenvalue weighted by molar-refractivity contribution is 0.0730. The molecule has 0 aliphatic heterocycles. The van der Waals surface area contributed by atoms with Crippen LogP contribution >= 0.6 is 12.4 Å². The standard InChI is InChI=1S/C5H9F2NO.ClH/c6-5(7)3(1-8)4(5)2-9;/h3-4,9H,1-2,8H2;1H/t3-,4+;/m1./s1. The van der Waals surface area contributed by atoms with Crippen molar-refractivity contribution in [2.24, 2.45) is 17.6 Å². The summed E-state index contributed by atoms with van der Waals surface area (Å²) in [6, 6.07) is 0. The van der Waals surface area contributed by atoms with Gasteiger partial charge in [0.25, 0.3) is 5.92 Å². The van der Waals surface area contributed by atoms with Gasteiger partial charge in [-0.25, -0.2) is 8.78 Å². The fourth-order valence-electron chi connectivity index (χ4n) is 1.03. The molecule has 0 aromatic carbocycles. The van der Waals surface area contributed by atoms with Crippen molar-refractivity contribution in [3.05, 3.63) is 0 Å². The Morgan fingerprint density at radius 1 is 1.40 bits per heavy atom. The van der Waals surface area contributed by atoms with Gasteiger partial charge in [-0.3, -0.25) is 0 Å². The minimum Gasteiger partial charge on any atom is -0.396 e. The van der Waals surface area contributed by atoms with Crippen molar-refractivity contribution in [2.45, 2.75) is 5.92 Å². The van der Waals surface area contributed by atoms with Crippen molar-refractivity contribution >= 4 is 12.4 Å². The highest BCUT2D eigenvalue weighted by molar-refractivity contribution is 5.85. The largest absolute Gasteiger partial charge is 0.396 e. The number of hydrogen-bond acceptors (Lipinski definition) is 2. The number of aliphatic hydroxyl groups excluding tert-OH is 1. The van der Waals surface area contributed by atoms with E-state index in [-0.39, 0.29) is 19.0 Å². The van der Waals surface area contributed by atoms with E-state index in [1.807, 2.05) is 0 Å². The molecule has 10 heavy (non-hydrogen) atoms. The fraction of sp³-hybridized carbons (Fsp3) is 1.00. The summed E-state index contributed by atoms with van der Waals surface area (Å²) in [7, 11) is 0. The molecule has 1 aliphatic rings. The van der Waals surface area contributed by atoms with Crippen LogP contribution in [0, 0.1) is 11.8 Å². The summed E-state index contributed by atoms with van der Waals surface area (Å²) < 4.78 is 24.4. The van der Waals surface area contributed by atoms with E-state index in [0.717, 1.165) is 0 Å². The zero-order valence-electron chi connectivity index (χ0n) is 5.26. The van der Waals surface area contributed by atoms with Gasteiger partial charge in [-0.1, -0.05) is 0 Å². The Kier molecular flexibility index (Phi) is 3.00. The molecule has 0 saturated heterocycles. The maximum absolute atomic E-state index is 12.2. The minimum atomic E-state index is -2.69. The van der Waals surface area contributed by atoms with Gasteiger partial charge in [0.2, 0.25) is 0 Å². The van der Waals surface area contributed by atoms with Gasteiger partial charge in [0, 0.05) is 12.5 Å². The molecular formula is C5H10ClF2NO. The zero-order chi connectivity index (χ0) is 7.07. The minimum absolute atomic E-state index is 0. The molecule has 0 radical (unpaired) electrons. The quantitative estimate of drug-likeness (QED) is 0.629. The number of nitrogens with two attached hydrogens (primary N) is 1. The molecule has 2 nitrogen and oxygen atoms in total. The Hall–Kier alpha value is 0.0700. The van der Waals surface area contributed by atoms with Gasteiger partial charge in [0.15, 0.2) is 0 Å². The summed E-state index contributed by atoms with van der Waals surface area (Å²) in [5.74, 6) is -4.34. The van der Waals surface area contributed by atoms with E-state index in [4.69, 9.17) is 10.8 Å². The second-order valence-corrected chi connectivity index (χ2v) is 2.31. The number of aliphatic hydroxyl groups is 1. The zero-order valence-corrected chi connectivity index (χ0v) is 6.07. The molecule has 1 fully saturated rings. The normalized spacial score (nSPS) is 34.8. The highest BCUT2D eigenvalue weighted by Crippen LogP contribution is 2.53. The van der Waals surface area contributed by atoms with Crippen molar-refractivity contribution in [2.75, 3.05) is 13.2 Å². The topological polar surface area (TPSA) is 46.2 Å². The summed E-state index contributed by atoms with van der Waals surface area (Å²) in [6.45, 7) is -0.479. The predicted octanol–water partition coefficient (Wildman–Crippen LogP) is 0.241. The molecule has 0 bridgehead atoms. The second-order valence-electron chi connectivity index (χ2n) is 2.31. The molecule has 0 amide bonds. The van der Waals surface area contributed by atoms with Crippen LogP contribution in [0.2, 0.25) is 0 Å². The van der Waals surface area contributed by atoms with Crippen molar-refractivity contribution in [1.82, 2.24) is 0 Å². The maximum atomic E-state index is 12.2. The van der Waals surface area contributed by atoms with Gasteiger partial charge in [-0.2, -0.15) is 0 Å². The third kappa shape index (κ3) is 1.24. The van der Waals surface area contributed by atoms with Gasteiger partial charge < -0.3 is 10.8 Å². The molecule has 1 aliphatic carbocycles. The van der Waals surface area contributed by atoms with Crippen LogP contribution in [0.5, 0.6) is 0 Å². The number of rotatable bonds is 2. The summed E-state index contributed by atoms with van der Waals surface area (Å²) in [5, 5.41) is 8.31. The Labute approximate surface area is 63.8 Å². The molecule has 62 valence electrons. The first-order valence-electron chi connectivity index (χ1n) is 2.83. The van der Waals surface area contributed by atoms with E-state index >= 15 is 0 Å². The van der Waals surface area contributed by atoms with Crippen molar-refractivity contribution in [3.63, 3.8) is 0 Å². The number of alkyl halides is 2. The van der Waals surface area contributed by atoms with Crippen LogP contribution in [0.4, 0.5) is 8.78 Å². The third-order valence-electron chi connectivity index (χ3n) is 1.82. The molecule has 1 rings (SSSR count). The Balaban J connectivity index is 0.000000810. The van der Waals surface area contributed by atoms with Gasteiger partial charge in [-0.05, 0) is 0 Å². The lowest BCUT2D eigenvalue weighted by Crippen LogP contribution is -2.06. The van der Waals surface area contributed by atoms with E-state index in [2.05, 4.69) is 0 Å². The predicted molar refractivity (Wildman–Crippen MR) is 35.3 cm³/mol. The van der Waals surface area contributed by atoms with Crippen LogP contribution in [0.25, 0.3) is 0 Å². The lowest BCUT2D eigenvalue weighted by Gasteiger charge is -1.88. The van der Waals surface area contributed by atoms with Crippen LogP contribution in [0.3, 0.4) is 0 Å². The lowest BCUT2D eigenvalue weighted by atomic mass is 10.3. The van der Waals surface area contributed by atoms with Crippen LogP contribution < -0.4 is 5.73 Å². The Bertz CT molecular complexity index is 110. The number of halogens is 3. The average Bonchev–Trinajstić information content (AvgIpc) is 2.32. The van der Waals surface area contributed by atoms with Gasteiger partial charge in [0.05, 0.1) is 12.5 Å². The first-order chi connectivity index (χ1) is 4.14. The fourth-order valence-corrected chi connectivity index (χ4v) is 1.03. The van der Waals surface area contributed by atoms with Gasteiger partial charge in [-0.15, -0.1) is 12.4 Å². The summed E-state index contributed by atoms with van der Waals surface area (Å²) >= 11 is 0. The molecule has 1 saturated carbocycles. The average molecular weight is 174 g/mol. The van der Waals surface area contributed by atoms with Crippen LogP contribution in [-0.2, 0) is 0 Å². The first kappa shape index (κ1) is 10.1. The highest BCUT2D eigenvalue weighted by Gasteiger charge is 2.66. The molecule has 0 aromatic heterocycles. The smallest absolute Gasteiger partial charge is 0.258 e. The highest BCUT2D eigenvalue weighted by atomic mass is 35.5. The van der Waals surface area contributed by atoms with Crippen LogP contribution in [0.1, 0.15) is 0 Å². The molecule has 2 atom stereocenters. The SMILES string of the molecule is Cl.NC[C@@H]1[C@H](CO)C1(F)F. The molecule has 3 N–H and O–H groups in total. The number of hydrogen-bond donors (Lipinski definition) is 2. The van der Waals surface area contributed by atoms with E-state index in [9.17, 15) is 8.78 Å². The first-order valence-corrected chi connectivity index (χ1v) is 2.83. The van der Waals surface area contributed by atoms with E-state index in [0.29, 0.717) is 0 Å². The van der Waals surface area contributed by atoms with Crippen molar-refractivity contribution in [3.8, 4) is 0 Å². The molecule has 0 spiro atoms. The van der Waals surface area contributed by atoms with E-state index in [1.165, 1.54) is 0 Å². The Morgan fingerprint density at radius 2 is 1.90 bits per heavy atom. The van der Waals surface area contributed by atoms with E-state index in [1.54, 1.807) is 0 Å². The Morgan fingerprint density at radius 3 is 2.00 bits per heavy atom. The van der Waals surface area contributed by atoms with E-state index < -0.39 is 24.4 Å². The van der Waals surface area contributed by atoms with Crippen LogP contribution in [0.15, 0.2) is 0 Å². The molecule has 5 heteroatoms. The van der Waals surface area contributed by atoms with Crippen molar-refractivity contribution in [1.29, 1.82) is 0 Å². The van der Waals surface area contributed by atoms with Crippen LogP contribution in [-0.4, -0.2) is 24.2 Å². The summed E-state index contributed by atoms with van der Waals surface area (Å²) in [6.07, 6.45) is 0. The second kappa shape index (κ2) is 2.98. The summed E-state index contributed by atoms with van der Waals surface area (Å²) in [5.41, 5.74) is 4.98. The molecule has 0 heterocycles. The van der Waals surface area contributed by atoms with Gasteiger partial charge >= 0.3 is 0 Å². The summed E-state index contributed by atoms with van der Waals surface area (Å²) in [4.78, 5) is 0. The maximum Gasteiger partial charge on any atom is 0.258 e. The van der Waals surface area contributed by atoms with Crippen molar-refractivity contribution < 1.29 is 13.9 Å². The molecule has 0 unspecified atom stereocenters.